The molecule has 0 amide bonds. The third-order valence-electron chi connectivity index (χ3n) is 4.03. The second-order valence-electron chi connectivity index (χ2n) is 6.14. The second kappa shape index (κ2) is 7.69. The first-order chi connectivity index (χ1) is 13.9. The minimum atomic E-state index is -3.88. The molecule has 0 unspecified atom stereocenters. The van der Waals surface area contributed by atoms with E-state index in [1.165, 1.54) is 24.3 Å². The number of rotatable bonds is 5. The van der Waals surface area contributed by atoms with Crippen molar-refractivity contribution in [3.05, 3.63) is 77.3 Å². The van der Waals surface area contributed by atoms with E-state index in [0.29, 0.717) is 16.7 Å². The summed E-state index contributed by atoms with van der Waals surface area (Å²) < 4.78 is 29.0. The third-order valence-corrected chi connectivity index (χ3v) is 5.92. The molecule has 1 aromatic heterocycles. The minimum Gasteiger partial charge on any atom is -0.508 e. The lowest BCUT2D eigenvalue weighted by Crippen LogP contribution is -2.16. The van der Waals surface area contributed by atoms with Crippen LogP contribution in [0.1, 0.15) is 0 Å². The Kier molecular flexibility index (Phi) is 5.08. The Labute approximate surface area is 175 Å². The van der Waals surface area contributed by atoms with Crippen LogP contribution in [0.3, 0.4) is 0 Å². The van der Waals surface area contributed by atoms with Gasteiger partial charge in [0, 0.05) is 16.2 Å². The maximum atomic E-state index is 12.8. The van der Waals surface area contributed by atoms with Crippen molar-refractivity contribution in [1.82, 2.24) is 9.97 Å². The van der Waals surface area contributed by atoms with Gasteiger partial charge in [-0.05, 0) is 48.5 Å². The van der Waals surface area contributed by atoms with Crippen LogP contribution in [-0.2, 0) is 10.0 Å². The Hall–Kier alpha value is -3.17. The number of phenols is 1. The maximum Gasteiger partial charge on any atom is 0.263 e. The van der Waals surface area contributed by atoms with E-state index in [-0.39, 0.29) is 22.3 Å². The van der Waals surface area contributed by atoms with Gasteiger partial charge < -0.3 is 10.4 Å². The molecular formula is C20H15BrN4O3S. The van der Waals surface area contributed by atoms with E-state index in [0.717, 1.165) is 4.47 Å². The number of sulfonamides is 1. The molecule has 0 radical (unpaired) electrons. The van der Waals surface area contributed by atoms with Crippen LogP contribution in [0, 0.1) is 0 Å². The molecule has 1 heterocycles. The standard InChI is InChI=1S/C20H15BrN4O3S/c21-13-8-10-16(11-9-13)29(27,28)25-20-19(22-14-4-3-5-15(26)12-14)23-17-6-1-2-7-18(17)24-20/h1-12,26H,(H,22,23)(H,24,25). The van der Waals surface area contributed by atoms with Crippen LogP contribution in [0.2, 0.25) is 0 Å². The van der Waals surface area contributed by atoms with Gasteiger partial charge in [-0.2, -0.15) is 0 Å². The van der Waals surface area contributed by atoms with E-state index < -0.39 is 10.0 Å². The average Bonchev–Trinajstić information content (AvgIpc) is 2.68. The number of aromatic hydroxyl groups is 1. The minimum absolute atomic E-state index is 0.0509. The SMILES string of the molecule is O=S(=O)(Nc1nc2ccccc2nc1Nc1cccc(O)c1)c1ccc(Br)cc1. The monoisotopic (exact) mass is 470 g/mol. The van der Waals surface area contributed by atoms with Gasteiger partial charge in [0.1, 0.15) is 5.75 Å². The average molecular weight is 471 g/mol. The second-order valence-corrected chi connectivity index (χ2v) is 8.74. The molecule has 0 aliphatic rings. The van der Waals surface area contributed by atoms with E-state index in [2.05, 4.69) is 35.9 Å². The zero-order chi connectivity index (χ0) is 20.4. The van der Waals surface area contributed by atoms with Crippen molar-refractivity contribution in [3.63, 3.8) is 0 Å². The molecule has 0 aliphatic heterocycles. The predicted molar refractivity (Wildman–Crippen MR) is 116 cm³/mol. The van der Waals surface area contributed by atoms with E-state index in [9.17, 15) is 13.5 Å². The van der Waals surface area contributed by atoms with Gasteiger partial charge in [-0.25, -0.2) is 18.4 Å². The fourth-order valence-corrected chi connectivity index (χ4v) is 3.95. The first kappa shape index (κ1) is 19.2. The van der Waals surface area contributed by atoms with Crippen LogP contribution >= 0.6 is 15.9 Å². The van der Waals surface area contributed by atoms with Crippen LogP contribution in [-0.4, -0.2) is 23.5 Å². The predicted octanol–water partition coefficient (Wildman–Crippen LogP) is 4.64. The lowest BCUT2D eigenvalue weighted by atomic mass is 10.3. The Morgan fingerprint density at radius 1 is 0.828 bits per heavy atom. The smallest absolute Gasteiger partial charge is 0.263 e. The summed E-state index contributed by atoms with van der Waals surface area (Å²) in [7, 11) is -3.88. The molecule has 0 saturated carbocycles. The van der Waals surface area contributed by atoms with Crippen molar-refractivity contribution in [2.45, 2.75) is 4.90 Å². The third kappa shape index (κ3) is 4.30. The number of halogens is 1. The highest BCUT2D eigenvalue weighted by Gasteiger charge is 2.19. The van der Waals surface area contributed by atoms with E-state index >= 15 is 0 Å². The highest BCUT2D eigenvalue weighted by atomic mass is 79.9. The summed E-state index contributed by atoms with van der Waals surface area (Å²) in [6.07, 6.45) is 0. The van der Waals surface area contributed by atoms with Gasteiger partial charge >= 0.3 is 0 Å². The highest BCUT2D eigenvalue weighted by molar-refractivity contribution is 9.10. The normalized spacial score (nSPS) is 11.3. The van der Waals surface area contributed by atoms with Crippen molar-refractivity contribution in [1.29, 1.82) is 0 Å². The molecular weight excluding hydrogens is 456 g/mol. The van der Waals surface area contributed by atoms with E-state index in [1.54, 1.807) is 42.5 Å². The Morgan fingerprint density at radius 3 is 2.14 bits per heavy atom. The van der Waals surface area contributed by atoms with E-state index in [4.69, 9.17) is 0 Å². The van der Waals surface area contributed by atoms with Crippen LogP contribution in [0.15, 0.2) is 82.2 Å². The Balaban J connectivity index is 1.78. The van der Waals surface area contributed by atoms with E-state index in [1.807, 2.05) is 6.07 Å². The number of aromatic nitrogens is 2. The van der Waals surface area contributed by atoms with Crippen molar-refractivity contribution in [3.8, 4) is 5.75 Å². The molecule has 0 spiro atoms. The lowest BCUT2D eigenvalue weighted by molar-refractivity contribution is 0.475. The van der Waals surface area contributed by atoms with Gasteiger partial charge in [-0.15, -0.1) is 0 Å². The molecule has 4 rings (SSSR count). The number of phenolic OH excluding ortho intramolecular Hbond substituents is 1. The van der Waals surface area contributed by atoms with Crippen molar-refractivity contribution < 1.29 is 13.5 Å². The molecule has 4 aromatic rings. The van der Waals surface area contributed by atoms with Crippen LogP contribution < -0.4 is 10.0 Å². The van der Waals surface area contributed by atoms with Crippen molar-refractivity contribution >= 4 is 54.3 Å². The molecule has 146 valence electrons. The Bertz CT molecular complexity index is 1290. The van der Waals surface area contributed by atoms with Gasteiger partial charge in [0.2, 0.25) is 0 Å². The maximum absolute atomic E-state index is 12.8. The quantitative estimate of drug-likeness (QED) is 0.392. The van der Waals surface area contributed by atoms with Gasteiger partial charge in [0.05, 0.1) is 15.9 Å². The molecule has 0 saturated heterocycles. The summed E-state index contributed by atoms with van der Waals surface area (Å²) >= 11 is 3.29. The molecule has 29 heavy (non-hydrogen) atoms. The number of nitrogens with one attached hydrogen (secondary N) is 2. The summed E-state index contributed by atoms with van der Waals surface area (Å²) in [6, 6.07) is 19.8. The molecule has 0 aliphatic carbocycles. The number of benzene rings is 3. The lowest BCUT2D eigenvalue weighted by Gasteiger charge is -2.14. The fourth-order valence-electron chi connectivity index (χ4n) is 2.68. The van der Waals surface area contributed by atoms with Gasteiger partial charge in [0.15, 0.2) is 11.6 Å². The number of para-hydroxylation sites is 2. The molecule has 0 fully saturated rings. The first-order valence-corrected chi connectivity index (χ1v) is 10.8. The summed E-state index contributed by atoms with van der Waals surface area (Å²) in [4.78, 5) is 9.03. The van der Waals surface area contributed by atoms with Gasteiger partial charge in [-0.1, -0.05) is 34.1 Å². The van der Waals surface area contributed by atoms with Crippen molar-refractivity contribution in [2.24, 2.45) is 0 Å². The zero-order valence-corrected chi connectivity index (χ0v) is 17.3. The molecule has 3 N–H and O–H groups in total. The summed E-state index contributed by atoms with van der Waals surface area (Å²) in [5.41, 5.74) is 1.68. The summed E-state index contributed by atoms with van der Waals surface area (Å²) in [5, 5.41) is 12.7. The first-order valence-electron chi connectivity index (χ1n) is 8.52. The zero-order valence-electron chi connectivity index (χ0n) is 14.9. The molecule has 9 heteroatoms. The van der Waals surface area contributed by atoms with Gasteiger partial charge in [-0.3, -0.25) is 4.72 Å². The number of fused-ring (bicyclic) bond motifs is 1. The molecule has 3 aromatic carbocycles. The van der Waals surface area contributed by atoms with Crippen LogP contribution in [0.4, 0.5) is 17.3 Å². The van der Waals surface area contributed by atoms with Crippen LogP contribution in [0.25, 0.3) is 11.0 Å². The summed E-state index contributed by atoms with van der Waals surface area (Å²) in [5.74, 6) is 0.339. The van der Waals surface area contributed by atoms with Crippen molar-refractivity contribution in [2.75, 3.05) is 10.0 Å². The molecule has 0 bridgehead atoms. The topological polar surface area (TPSA) is 104 Å². The molecule has 7 nitrogen and oxygen atoms in total. The number of hydrogen-bond acceptors (Lipinski definition) is 6. The van der Waals surface area contributed by atoms with Crippen LogP contribution in [0.5, 0.6) is 5.75 Å². The summed E-state index contributed by atoms with van der Waals surface area (Å²) in [6.45, 7) is 0. The number of anilines is 3. The number of hydrogen-bond donors (Lipinski definition) is 3. The number of nitrogens with zero attached hydrogens (tertiary/aromatic N) is 2. The Morgan fingerprint density at radius 2 is 1.48 bits per heavy atom. The highest BCUT2D eigenvalue weighted by Crippen LogP contribution is 2.28. The largest absolute Gasteiger partial charge is 0.508 e. The van der Waals surface area contributed by atoms with Gasteiger partial charge in [0.25, 0.3) is 10.0 Å². The molecule has 0 atom stereocenters. The fraction of sp³-hybridized carbons (Fsp3) is 0.